The molecule has 176 valence electrons. The van der Waals surface area contributed by atoms with E-state index in [4.69, 9.17) is 10.5 Å². The molecule has 1 aliphatic carbocycles. The molecule has 10 heteroatoms. The molecule has 0 aliphatic heterocycles. The summed E-state index contributed by atoms with van der Waals surface area (Å²) in [6.45, 7) is 1.73. The second kappa shape index (κ2) is 7.91. The summed E-state index contributed by atoms with van der Waals surface area (Å²) in [5.41, 5.74) is 5.98. The number of alkyl halides is 3. The van der Waals surface area contributed by atoms with Crippen LogP contribution in [0.1, 0.15) is 31.5 Å². The fourth-order valence-corrected chi connectivity index (χ4v) is 4.34. The summed E-state index contributed by atoms with van der Waals surface area (Å²) in [7, 11) is 0. The van der Waals surface area contributed by atoms with E-state index in [1.165, 1.54) is 24.4 Å². The largest absolute Gasteiger partial charge is 0.573 e. The number of hydrogen-bond acceptors (Lipinski definition) is 6. The molecular weight excluding hydrogens is 449 g/mol. The van der Waals surface area contributed by atoms with Crippen LogP contribution < -0.4 is 15.2 Å². The third-order valence-corrected chi connectivity index (χ3v) is 5.76. The Kier molecular flexibility index (Phi) is 5.12. The fourth-order valence-electron chi connectivity index (χ4n) is 4.34. The average Bonchev–Trinajstić information content (AvgIpc) is 3.12. The smallest absolute Gasteiger partial charge is 0.457 e. The van der Waals surface area contributed by atoms with Gasteiger partial charge in [0.2, 0.25) is 0 Å². The molecule has 2 heterocycles. The van der Waals surface area contributed by atoms with Crippen molar-refractivity contribution in [2.45, 2.75) is 37.6 Å². The molecule has 0 unspecified atom stereocenters. The van der Waals surface area contributed by atoms with Gasteiger partial charge in [-0.1, -0.05) is 18.2 Å². The molecule has 1 fully saturated rings. The predicted octanol–water partition coefficient (Wildman–Crippen LogP) is 5.30. The highest BCUT2D eigenvalue weighted by Gasteiger charge is 2.42. The summed E-state index contributed by atoms with van der Waals surface area (Å²) in [6, 6.07) is 12.8. The number of fused-ring (bicyclic) bond motifs is 1. The molecule has 2 aromatic heterocycles. The number of imidazole rings is 1. The quantitative estimate of drug-likeness (QED) is 0.411. The van der Waals surface area contributed by atoms with E-state index in [0.717, 1.165) is 0 Å². The molecule has 3 N–H and O–H groups in total. The van der Waals surface area contributed by atoms with Gasteiger partial charge in [0.15, 0.2) is 0 Å². The van der Waals surface area contributed by atoms with Crippen LogP contribution in [0.5, 0.6) is 17.2 Å². The molecular formula is C24H21F3N4O3. The van der Waals surface area contributed by atoms with Crippen molar-refractivity contribution in [1.82, 2.24) is 14.4 Å². The van der Waals surface area contributed by atoms with Crippen LogP contribution in [-0.4, -0.2) is 31.4 Å². The SMILES string of the molecule is C[C@]1(O)C[C@@H](c2nc(-c3ccc(Oc4ccccc4)cc3OC(F)(F)F)c3c(N)nccn32)C1. The standard InChI is InChI=1S/C24H21F3N4O3/c1-23(32)12-14(13-23)22-30-19(20-21(28)29-9-10-31(20)22)17-8-7-16(11-18(17)34-24(25,26)27)33-15-5-3-2-4-6-15/h2-11,14,32H,12-13H2,1H3,(H2,28,29)/t14-,23+. The summed E-state index contributed by atoms with van der Waals surface area (Å²) in [4.78, 5) is 8.75. The number of anilines is 1. The van der Waals surface area contributed by atoms with E-state index in [-0.39, 0.29) is 28.7 Å². The van der Waals surface area contributed by atoms with Crippen LogP contribution in [0.15, 0.2) is 60.9 Å². The lowest BCUT2D eigenvalue weighted by atomic mass is 9.72. The number of nitrogen functional groups attached to an aromatic ring is 1. The minimum Gasteiger partial charge on any atom is -0.457 e. The van der Waals surface area contributed by atoms with Crippen molar-refractivity contribution in [1.29, 1.82) is 0 Å². The maximum Gasteiger partial charge on any atom is 0.573 e. The third kappa shape index (κ3) is 4.24. The van der Waals surface area contributed by atoms with Gasteiger partial charge in [-0.2, -0.15) is 0 Å². The minimum absolute atomic E-state index is 0.0780. The Balaban J connectivity index is 1.63. The van der Waals surface area contributed by atoms with Gasteiger partial charge in [0.1, 0.15) is 40.1 Å². The first-order chi connectivity index (χ1) is 16.1. The zero-order valence-electron chi connectivity index (χ0n) is 18.1. The Morgan fingerprint density at radius 1 is 1.12 bits per heavy atom. The van der Waals surface area contributed by atoms with Crippen molar-refractivity contribution in [3.05, 3.63) is 66.7 Å². The maximum absolute atomic E-state index is 13.3. The van der Waals surface area contributed by atoms with E-state index in [9.17, 15) is 18.3 Å². The van der Waals surface area contributed by atoms with Crippen molar-refractivity contribution < 1.29 is 27.8 Å². The number of nitrogens with zero attached hydrogens (tertiary/aromatic N) is 3. The Morgan fingerprint density at radius 2 is 1.85 bits per heavy atom. The number of aliphatic hydroxyl groups is 1. The molecule has 0 saturated heterocycles. The van der Waals surface area contributed by atoms with Crippen molar-refractivity contribution in [2.75, 3.05) is 5.73 Å². The van der Waals surface area contributed by atoms with E-state index >= 15 is 0 Å². The molecule has 0 amide bonds. The number of benzene rings is 2. The normalized spacial score (nSPS) is 20.2. The van der Waals surface area contributed by atoms with Crippen LogP contribution in [0.4, 0.5) is 19.0 Å². The molecule has 0 spiro atoms. The van der Waals surface area contributed by atoms with Gasteiger partial charge in [-0.15, -0.1) is 13.2 Å². The number of nitrogens with two attached hydrogens (primary N) is 1. The molecule has 7 nitrogen and oxygen atoms in total. The van der Waals surface area contributed by atoms with Gasteiger partial charge in [-0.25, -0.2) is 9.97 Å². The minimum atomic E-state index is -4.94. The van der Waals surface area contributed by atoms with E-state index in [1.54, 1.807) is 47.9 Å². The Labute approximate surface area is 192 Å². The van der Waals surface area contributed by atoms with Gasteiger partial charge in [0.05, 0.1) is 5.60 Å². The van der Waals surface area contributed by atoms with E-state index < -0.39 is 17.7 Å². The van der Waals surface area contributed by atoms with Crippen LogP contribution in [0.2, 0.25) is 0 Å². The van der Waals surface area contributed by atoms with Gasteiger partial charge >= 0.3 is 6.36 Å². The predicted molar refractivity (Wildman–Crippen MR) is 119 cm³/mol. The van der Waals surface area contributed by atoms with Gasteiger partial charge in [-0.05, 0) is 44.0 Å². The Hall–Kier alpha value is -3.79. The van der Waals surface area contributed by atoms with E-state index in [0.29, 0.717) is 29.9 Å². The monoisotopic (exact) mass is 470 g/mol. The average molecular weight is 470 g/mol. The van der Waals surface area contributed by atoms with Crippen LogP contribution in [0.25, 0.3) is 16.8 Å². The molecule has 2 aromatic carbocycles. The summed E-state index contributed by atoms with van der Waals surface area (Å²) in [5, 5.41) is 10.2. The molecule has 1 aliphatic rings. The number of aromatic nitrogens is 3. The topological polar surface area (TPSA) is 94.9 Å². The first-order valence-corrected chi connectivity index (χ1v) is 10.6. The van der Waals surface area contributed by atoms with Gasteiger partial charge in [-0.3, -0.25) is 4.40 Å². The number of rotatable bonds is 5. The maximum atomic E-state index is 13.3. The number of hydrogen-bond donors (Lipinski definition) is 2. The molecule has 0 radical (unpaired) electrons. The van der Waals surface area contributed by atoms with Crippen molar-refractivity contribution in [3.8, 4) is 28.5 Å². The van der Waals surface area contributed by atoms with Crippen LogP contribution in [-0.2, 0) is 0 Å². The first-order valence-electron chi connectivity index (χ1n) is 10.6. The van der Waals surface area contributed by atoms with Crippen molar-refractivity contribution >= 4 is 11.3 Å². The molecule has 34 heavy (non-hydrogen) atoms. The number of halogens is 3. The van der Waals surface area contributed by atoms with Crippen LogP contribution in [0.3, 0.4) is 0 Å². The second-order valence-corrected chi connectivity index (χ2v) is 8.57. The molecule has 4 aromatic rings. The van der Waals surface area contributed by atoms with E-state index in [2.05, 4.69) is 14.7 Å². The zero-order chi connectivity index (χ0) is 24.1. The van der Waals surface area contributed by atoms with E-state index in [1.807, 2.05) is 0 Å². The fraction of sp³-hybridized carbons (Fsp3) is 0.250. The summed E-state index contributed by atoms with van der Waals surface area (Å²) in [5.74, 6) is 0.785. The highest BCUT2D eigenvalue weighted by atomic mass is 19.4. The molecule has 5 rings (SSSR count). The lowest BCUT2D eigenvalue weighted by molar-refractivity contribution is -0.274. The zero-order valence-corrected chi connectivity index (χ0v) is 18.1. The van der Waals surface area contributed by atoms with Crippen LogP contribution >= 0.6 is 0 Å². The van der Waals surface area contributed by atoms with Gasteiger partial charge < -0.3 is 20.3 Å². The molecule has 0 bridgehead atoms. The van der Waals surface area contributed by atoms with Crippen molar-refractivity contribution in [2.24, 2.45) is 0 Å². The van der Waals surface area contributed by atoms with Crippen LogP contribution in [0, 0.1) is 0 Å². The summed E-state index contributed by atoms with van der Waals surface area (Å²) < 4.78 is 51.7. The highest BCUT2D eigenvalue weighted by Crippen LogP contribution is 2.46. The molecule has 1 saturated carbocycles. The van der Waals surface area contributed by atoms with Gasteiger partial charge in [0, 0.05) is 29.9 Å². The van der Waals surface area contributed by atoms with Gasteiger partial charge in [0.25, 0.3) is 0 Å². The number of para-hydroxylation sites is 1. The Morgan fingerprint density at radius 3 is 2.53 bits per heavy atom. The molecule has 0 atom stereocenters. The Bertz CT molecular complexity index is 1350. The second-order valence-electron chi connectivity index (χ2n) is 8.57. The van der Waals surface area contributed by atoms with Crippen molar-refractivity contribution in [3.63, 3.8) is 0 Å². The third-order valence-electron chi connectivity index (χ3n) is 5.76. The number of ether oxygens (including phenoxy) is 2. The lowest BCUT2D eigenvalue weighted by Gasteiger charge is -2.40. The lowest BCUT2D eigenvalue weighted by Crippen LogP contribution is -2.40. The summed E-state index contributed by atoms with van der Waals surface area (Å²) >= 11 is 0. The highest BCUT2D eigenvalue weighted by molar-refractivity contribution is 5.88. The summed E-state index contributed by atoms with van der Waals surface area (Å²) in [6.07, 6.45) is -0.832. The first kappa shape index (κ1) is 22.0.